The van der Waals surface area contributed by atoms with Crippen LogP contribution in [-0.2, 0) is 16.3 Å². The van der Waals surface area contributed by atoms with Crippen molar-refractivity contribution in [3.63, 3.8) is 0 Å². The summed E-state index contributed by atoms with van der Waals surface area (Å²) < 4.78 is 23.0. The third-order valence-corrected chi connectivity index (χ3v) is 6.52. The Morgan fingerprint density at radius 3 is 2.55 bits per heavy atom. The second-order valence-electron chi connectivity index (χ2n) is 5.25. The largest absolute Gasteiger partial charge is 0.349 e. The molecule has 0 saturated heterocycles. The van der Waals surface area contributed by atoms with Crippen LogP contribution in [-0.4, -0.2) is 36.9 Å². The van der Waals surface area contributed by atoms with E-state index in [4.69, 9.17) is 0 Å². The van der Waals surface area contributed by atoms with Gasteiger partial charge in [0.05, 0.1) is 16.5 Å². The van der Waals surface area contributed by atoms with Crippen molar-refractivity contribution in [3.8, 4) is 0 Å². The first-order valence-corrected chi connectivity index (χ1v) is 9.61. The van der Waals surface area contributed by atoms with Gasteiger partial charge in [0.2, 0.25) is 0 Å². The number of amides is 1. The Labute approximate surface area is 123 Å². The third-order valence-electron chi connectivity index (χ3n) is 3.69. The summed E-state index contributed by atoms with van der Waals surface area (Å²) in [5.41, 5.74) is 0. The van der Waals surface area contributed by atoms with Crippen LogP contribution < -0.4 is 5.32 Å². The van der Waals surface area contributed by atoms with Gasteiger partial charge in [-0.25, -0.2) is 13.4 Å². The average Bonchev–Trinajstić information content (AvgIpc) is 2.87. The van der Waals surface area contributed by atoms with Crippen LogP contribution in [0.4, 0.5) is 0 Å². The summed E-state index contributed by atoms with van der Waals surface area (Å²) in [6.45, 7) is 2.01. The molecule has 1 amide bonds. The van der Waals surface area contributed by atoms with Crippen molar-refractivity contribution in [2.75, 3.05) is 6.26 Å². The van der Waals surface area contributed by atoms with E-state index in [0.717, 1.165) is 24.3 Å². The summed E-state index contributed by atoms with van der Waals surface area (Å²) in [6.07, 6.45) is 6.45. The topological polar surface area (TPSA) is 76.1 Å². The first-order valence-electron chi connectivity index (χ1n) is 6.84. The SMILES string of the molecule is CCc1ncc(C(=O)NC2CCC(S(C)(=O)=O)CC2)s1. The predicted molar refractivity (Wildman–Crippen MR) is 79.8 cm³/mol. The minimum Gasteiger partial charge on any atom is -0.349 e. The summed E-state index contributed by atoms with van der Waals surface area (Å²) in [5, 5.41) is 3.69. The Bertz CT molecular complexity index is 572. The number of hydrogen-bond donors (Lipinski definition) is 1. The molecule has 5 nitrogen and oxygen atoms in total. The average molecular weight is 316 g/mol. The Kier molecular flexibility index (Phi) is 4.80. The molecular formula is C13H20N2O3S2. The standard InChI is InChI=1S/C13H20N2O3S2/c1-3-12-14-8-11(19-12)13(16)15-9-4-6-10(7-5-9)20(2,17)18/h8-10H,3-7H2,1-2H3,(H,15,16). The maximum Gasteiger partial charge on any atom is 0.263 e. The highest BCUT2D eigenvalue weighted by Crippen LogP contribution is 2.24. The number of aryl methyl sites for hydroxylation is 1. The second-order valence-corrected chi connectivity index (χ2v) is 8.69. The van der Waals surface area contributed by atoms with Crippen molar-refractivity contribution >= 4 is 27.1 Å². The van der Waals surface area contributed by atoms with E-state index in [1.165, 1.54) is 17.6 Å². The summed E-state index contributed by atoms with van der Waals surface area (Å²) >= 11 is 1.42. The highest BCUT2D eigenvalue weighted by molar-refractivity contribution is 7.91. The molecule has 0 bridgehead atoms. The van der Waals surface area contributed by atoms with E-state index in [9.17, 15) is 13.2 Å². The Morgan fingerprint density at radius 2 is 2.05 bits per heavy atom. The second kappa shape index (κ2) is 6.22. The fourth-order valence-corrected chi connectivity index (χ4v) is 4.36. The van der Waals surface area contributed by atoms with Crippen molar-refractivity contribution in [1.82, 2.24) is 10.3 Å². The van der Waals surface area contributed by atoms with Gasteiger partial charge in [0.15, 0.2) is 0 Å². The lowest BCUT2D eigenvalue weighted by atomic mass is 9.95. The molecule has 0 atom stereocenters. The highest BCUT2D eigenvalue weighted by Gasteiger charge is 2.28. The zero-order valence-electron chi connectivity index (χ0n) is 11.8. The fraction of sp³-hybridized carbons (Fsp3) is 0.692. The van der Waals surface area contributed by atoms with Crippen molar-refractivity contribution in [3.05, 3.63) is 16.1 Å². The van der Waals surface area contributed by atoms with Crippen molar-refractivity contribution in [2.45, 2.75) is 50.3 Å². The maximum absolute atomic E-state index is 12.1. The molecule has 1 N–H and O–H groups in total. The number of rotatable bonds is 4. The molecule has 7 heteroatoms. The van der Waals surface area contributed by atoms with Crippen LogP contribution in [0.15, 0.2) is 6.20 Å². The number of carbonyl (C=O) groups is 1. The lowest BCUT2D eigenvalue weighted by molar-refractivity contribution is 0.0932. The minimum atomic E-state index is -2.95. The molecule has 0 radical (unpaired) electrons. The molecule has 1 fully saturated rings. The van der Waals surface area contributed by atoms with E-state index >= 15 is 0 Å². The lowest BCUT2D eigenvalue weighted by Crippen LogP contribution is -2.39. The monoisotopic (exact) mass is 316 g/mol. The van der Waals surface area contributed by atoms with Crippen molar-refractivity contribution in [2.24, 2.45) is 0 Å². The van der Waals surface area contributed by atoms with Crippen LogP contribution in [0.25, 0.3) is 0 Å². The van der Waals surface area contributed by atoms with Gasteiger partial charge in [-0.3, -0.25) is 4.79 Å². The van der Waals surface area contributed by atoms with E-state index in [-0.39, 0.29) is 17.2 Å². The molecule has 1 aliphatic carbocycles. The molecule has 1 aromatic rings. The van der Waals surface area contributed by atoms with Gasteiger partial charge in [-0.05, 0) is 32.1 Å². The molecule has 1 aliphatic rings. The molecule has 0 aromatic carbocycles. The fourth-order valence-electron chi connectivity index (χ4n) is 2.47. The van der Waals surface area contributed by atoms with E-state index in [1.54, 1.807) is 6.20 Å². The Hall–Kier alpha value is -0.950. The normalized spacial score (nSPS) is 23.5. The van der Waals surface area contributed by atoms with Crippen LogP contribution in [0.5, 0.6) is 0 Å². The van der Waals surface area contributed by atoms with Gasteiger partial charge in [0, 0.05) is 12.3 Å². The van der Waals surface area contributed by atoms with Crippen LogP contribution in [0, 0.1) is 0 Å². The zero-order valence-corrected chi connectivity index (χ0v) is 13.4. The summed E-state index contributed by atoms with van der Waals surface area (Å²) in [7, 11) is -2.95. The quantitative estimate of drug-likeness (QED) is 0.919. The number of aromatic nitrogens is 1. The first kappa shape index (κ1) is 15.4. The van der Waals surface area contributed by atoms with Crippen LogP contribution in [0.3, 0.4) is 0 Å². The summed E-state index contributed by atoms with van der Waals surface area (Å²) in [5.74, 6) is -0.0926. The van der Waals surface area contributed by atoms with Gasteiger partial charge in [0.1, 0.15) is 14.7 Å². The molecule has 112 valence electrons. The molecule has 0 unspecified atom stereocenters. The number of nitrogens with zero attached hydrogens (tertiary/aromatic N) is 1. The van der Waals surface area contributed by atoms with E-state index < -0.39 is 9.84 Å². The van der Waals surface area contributed by atoms with Gasteiger partial charge >= 0.3 is 0 Å². The third kappa shape index (κ3) is 3.79. The number of thiazole rings is 1. The summed E-state index contributed by atoms with van der Waals surface area (Å²) in [4.78, 5) is 16.9. The van der Waals surface area contributed by atoms with E-state index in [1.807, 2.05) is 6.92 Å². The molecular weight excluding hydrogens is 296 g/mol. The van der Waals surface area contributed by atoms with Crippen LogP contribution in [0.1, 0.15) is 47.3 Å². The predicted octanol–water partition coefficient (Wildman–Crippen LogP) is 1.79. The smallest absolute Gasteiger partial charge is 0.263 e. The Morgan fingerprint density at radius 1 is 1.40 bits per heavy atom. The van der Waals surface area contributed by atoms with Gasteiger partial charge in [-0.15, -0.1) is 11.3 Å². The maximum atomic E-state index is 12.1. The van der Waals surface area contributed by atoms with Crippen molar-refractivity contribution in [1.29, 1.82) is 0 Å². The minimum absolute atomic E-state index is 0.0766. The molecule has 0 aliphatic heterocycles. The number of sulfone groups is 1. The zero-order chi connectivity index (χ0) is 14.8. The molecule has 20 heavy (non-hydrogen) atoms. The van der Waals surface area contributed by atoms with Gasteiger partial charge in [-0.1, -0.05) is 6.92 Å². The number of nitrogens with one attached hydrogen (secondary N) is 1. The molecule has 1 heterocycles. The van der Waals surface area contributed by atoms with E-state index in [2.05, 4.69) is 10.3 Å². The summed E-state index contributed by atoms with van der Waals surface area (Å²) in [6, 6.07) is 0.0766. The molecule has 2 rings (SSSR count). The Balaban J connectivity index is 1.88. The molecule has 1 saturated carbocycles. The van der Waals surface area contributed by atoms with Crippen molar-refractivity contribution < 1.29 is 13.2 Å². The molecule has 1 aromatic heterocycles. The van der Waals surface area contributed by atoms with Gasteiger partial charge in [-0.2, -0.15) is 0 Å². The first-order chi connectivity index (χ1) is 9.40. The van der Waals surface area contributed by atoms with Crippen LogP contribution in [0.2, 0.25) is 0 Å². The van der Waals surface area contributed by atoms with Crippen LogP contribution >= 0.6 is 11.3 Å². The lowest BCUT2D eigenvalue weighted by Gasteiger charge is -2.27. The number of hydrogen-bond acceptors (Lipinski definition) is 5. The van der Waals surface area contributed by atoms with E-state index in [0.29, 0.717) is 17.7 Å². The van der Waals surface area contributed by atoms with Gasteiger partial charge < -0.3 is 5.32 Å². The van der Waals surface area contributed by atoms with Gasteiger partial charge in [0.25, 0.3) is 5.91 Å². The molecule has 0 spiro atoms. The highest BCUT2D eigenvalue weighted by atomic mass is 32.2. The number of carbonyl (C=O) groups excluding carboxylic acids is 1.